The molecule has 0 aliphatic heterocycles. The number of hydrogen-bond donors (Lipinski definition) is 2. The lowest BCUT2D eigenvalue weighted by molar-refractivity contribution is 0.318. The zero-order valence-electron chi connectivity index (χ0n) is 12.9. The molecule has 0 aliphatic rings. The molecule has 0 unspecified atom stereocenters. The Morgan fingerprint density at radius 3 is 2.88 bits per heavy atom. The van der Waals surface area contributed by atoms with E-state index in [1.165, 1.54) is 0 Å². The van der Waals surface area contributed by atoms with E-state index in [4.69, 9.17) is 16.3 Å². The van der Waals surface area contributed by atoms with Crippen LogP contribution in [0.5, 0.6) is 11.5 Å². The summed E-state index contributed by atoms with van der Waals surface area (Å²) in [5.41, 5.74) is 1.15. The van der Waals surface area contributed by atoms with Crippen molar-refractivity contribution in [2.24, 2.45) is 0 Å². The predicted molar refractivity (Wildman–Crippen MR) is 95.6 cm³/mol. The monoisotopic (exact) mass is 342 g/mol. The Bertz CT molecular complexity index is 980. The second-order valence-electron chi connectivity index (χ2n) is 5.08. The first kappa shape index (κ1) is 16.1. The van der Waals surface area contributed by atoms with Crippen molar-refractivity contribution < 1.29 is 9.84 Å². The van der Waals surface area contributed by atoms with Gasteiger partial charge in [-0.05, 0) is 42.8 Å². The van der Waals surface area contributed by atoms with Crippen molar-refractivity contribution >= 4 is 34.7 Å². The fraction of sp³-hybridized carbons (Fsp3) is 0.111. The number of hydrogen-bond acceptors (Lipinski definition) is 4. The van der Waals surface area contributed by atoms with Crippen LogP contribution in [-0.4, -0.2) is 21.7 Å². The number of aromatic hydroxyl groups is 1. The van der Waals surface area contributed by atoms with Crippen LogP contribution < -0.4 is 10.3 Å². The number of rotatable bonds is 4. The summed E-state index contributed by atoms with van der Waals surface area (Å²) in [7, 11) is 0. The third kappa shape index (κ3) is 3.26. The van der Waals surface area contributed by atoms with Gasteiger partial charge < -0.3 is 14.8 Å². The number of fused-ring (bicyclic) bond motifs is 1. The van der Waals surface area contributed by atoms with Gasteiger partial charge in [-0.25, -0.2) is 4.98 Å². The van der Waals surface area contributed by atoms with E-state index in [1.54, 1.807) is 42.5 Å². The van der Waals surface area contributed by atoms with Gasteiger partial charge in [0.2, 0.25) is 0 Å². The SMILES string of the molecule is CCOc1cc(/C=C/c2nc3ccccc3c(=O)[nH]2)cc(Cl)c1O. The molecule has 0 radical (unpaired) electrons. The van der Waals surface area contributed by atoms with Crippen LogP contribution in [0.2, 0.25) is 5.02 Å². The first-order valence-electron chi connectivity index (χ1n) is 7.41. The minimum atomic E-state index is -0.195. The van der Waals surface area contributed by atoms with E-state index in [-0.39, 0.29) is 16.3 Å². The molecule has 0 saturated heterocycles. The van der Waals surface area contributed by atoms with E-state index in [2.05, 4.69) is 9.97 Å². The summed E-state index contributed by atoms with van der Waals surface area (Å²) in [6, 6.07) is 10.4. The normalized spacial score (nSPS) is 11.2. The van der Waals surface area contributed by atoms with Crippen molar-refractivity contribution in [2.75, 3.05) is 6.61 Å². The molecule has 0 spiro atoms. The van der Waals surface area contributed by atoms with Crippen LogP contribution in [0.25, 0.3) is 23.1 Å². The number of phenolic OH excluding ortho intramolecular Hbond substituents is 1. The molecule has 3 aromatic rings. The number of phenols is 1. The van der Waals surface area contributed by atoms with Gasteiger partial charge >= 0.3 is 0 Å². The Hall–Kier alpha value is -2.79. The second kappa shape index (κ2) is 6.76. The van der Waals surface area contributed by atoms with Crippen molar-refractivity contribution in [1.29, 1.82) is 0 Å². The van der Waals surface area contributed by atoms with Crippen LogP contribution >= 0.6 is 11.6 Å². The number of nitrogens with one attached hydrogen (secondary N) is 1. The molecule has 0 aliphatic carbocycles. The minimum Gasteiger partial charge on any atom is -0.503 e. The molecule has 0 fully saturated rings. The van der Waals surface area contributed by atoms with Crippen molar-refractivity contribution in [2.45, 2.75) is 6.92 Å². The maximum Gasteiger partial charge on any atom is 0.259 e. The summed E-state index contributed by atoms with van der Waals surface area (Å²) in [5.74, 6) is 0.651. The van der Waals surface area contributed by atoms with Crippen molar-refractivity contribution in [3.63, 3.8) is 0 Å². The maximum atomic E-state index is 12.0. The van der Waals surface area contributed by atoms with Crippen LogP contribution in [0.1, 0.15) is 18.3 Å². The highest BCUT2D eigenvalue weighted by Crippen LogP contribution is 2.35. The van der Waals surface area contributed by atoms with Crippen molar-refractivity contribution in [1.82, 2.24) is 9.97 Å². The highest BCUT2D eigenvalue weighted by atomic mass is 35.5. The third-order valence-corrected chi connectivity index (χ3v) is 3.70. The van der Waals surface area contributed by atoms with Gasteiger partial charge in [0.1, 0.15) is 5.82 Å². The Morgan fingerprint density at radius 1 is 1.29 bits per heavy atom. The quantitative estimate of drug-likeness (QED) is 0.755. The van der Waals surface area contributed by atoms with Gasteiger partial charge in [0.05, 0.1) is 22.5 Å². The lowest BCUT2D eigenvalue weighted by Crippen LogP contribution is -2.09. The molecule has 2 aromatic carbocycles. The Morgan fingerprint density at radius 2 is 2.08 bits per heavy atom. The van der Waals surface area contributed by atoms with Crippen LogP contribution in [0.3, 0.4) is 0 Å². The smallest absolute Gasteiger partial charge is 0.259 e. The number of nitrogens with zero attached hydrogens (tertiary/aromatic N) is 1. The number of aromatic nitrogens is 2. The minimum absolute atomic E-state index is 0.0899. The number of ether oxygens (including phenoxy) is 1. The number of halogens is 1. The van der Waals surface area contributed by atoms with Gasteiger partial charge in [0.15, 0.2) is 11.5 Å². The Labute approximate surface area is 143 Å². The lowest BCUT2D eigenvalue weighted by Gasteiger charge is -2.08. The number of aromatic amines is 1. The first-order chi connectivity index (χ1) is 11.6. The van der Waals surface area contributed by atoms with Gasteiger partial charge in [0, 0.05) is 0 Å². The van der Waals surface area contributed by atoms with E-state index in [0.29, 0.717) is 29.1 Å². The Kier molecular flexibility index (Phi) is 4.53. The molecule has 6 heteroatoms. The largest absolute Gasteiger partial charge is 0.503 e. The van der Waals surface area contributed by atoms with Crippen molar-refractivity contribution in [3.05, 3.63) is 63.2 Å². The second-order valence-corrected chi connectivity index (χ2v) is 5.49. The lowest BCUT2D eigenvalue weighted by atomic mass is 10.2. The zero-order chi connectivity index (χ0) is 17.1. The van der Waals surface area contributed by atoms with Gasteiger partial charge in [-0.2, -0.15) is 0 Å². The molecular formula is C18H15ClN2O3. The predicted octanol–water partition coefficient (Wildman–Crippen LogP) is 3.85. The average Bonchev–Trinajstić information content (AvgIpc) is 2.57. The van der Waals surface area contributed by atoms with Gasteiger partial charge in [-0.1, -0.05) is 29.8 Å². The van der Waals surface area contributed by atoms with E-state index in [1.807, 2.05) is 13.0 Å². The van der Waals surface area contributed by atoms with E-state index >= 15 is 0 Å². The van der Waals surface area contributed by atoms with Crippen LogP contribution in [0.15, 0.2) is 41.2 Å². The number of benzene rings is 2. The van der Waals surface area contributed by atoms with E-state index < -0.39 is 0 Å². The Balaban J connectivity index is 1.98. The molecule has 1 heterocycles. The molecule has 0 atom stereocenters. The van der Waals surface area contributed by atoms with E-state index in [0.717, 1.165) is 5.56 Å². The molecular weight excluding hydrogens is 328 g/mol. The molecule has 2 N–H and O–H groups in total. The molecule has 0 amide bonds. The van der Waals surface area contributed by atoms with Gasteiger partial charge in [-0.15, -0.1) is 0 Å². The fourth-order valence-corrected chi connectivity index (χ4v) is 2.53. The molecule has 1 aromatic heterocycles. The van der Waals surface area contributed by atoms with Crippen LogP contribution in [0, 0.1) is 0 Å². The van der Waals surface area contributed by atoms with E-state index in [9.17, 15) is 9.90 Å². The summed E-state index contributed by atoms with van der Waals surface area (Å²) in [6.45, 7) is 2.23. The maximum absolute atomic E-state index is 12.0. The van der Waals surface area contributed by atoms with Crippen molar-refractivity contribution in [3.8, 4) is 11.5 Å². The summed E-state index contributed by atoms with van der Waals surface area (Å²) < 4.78 is 5.35. The summed E-state index contributed by atoms with van der Waals surface area (Å²) in [5, 5.41) is 10.6. The highest BCUT2D eigenvalue weighted by Gasteiger charge is 2.08. The van der Waals surface area contributed by atoms with Crippen LogP contribution in [-0.2, 0) is 0 Å². The molecule has 122 valence electrons. The summed E-state index contributed by atoms with van der Waals surface area (Å²) in [6.07, 6.45) is 3.41. The molecule has 24 heavy (non-hydrogen) atoms. The average molecular weight is 343 g/mol. The van der Waals surface area contributed by atoms with Crippen LogP contribution in [0.4, 0.5) is 0 Å². The number of H-pyrrole nitrogens is 1. The standard InChI is InChI=1S/C18H15ClN2O3/c1-2-24-15-10-11(9-13(19)17(15)22)7-8-16-20-14-6-4-3-5-12(14)18(23)21-16/h3-10,22H,2H2,1H3,(H,20,21,23)/b8-7+. The fourth-order valence-electron chi connectivity index (χ4n) is 2.31. The highest BCUT2D eigenvalue weighted by molar-refractivity contribution is 6.32. The summed E-state index contributed by atoms with van der Waals surface area (Å²) >= 11 is 6.00. The molecule has 0 saturated carbocycles. The van der Waals surface area contributed by atoms with Gasteiger partial charge in [-0.3, -0.25) is 4.79 Å². The third-order valence-electron chi connectivity index (χ3n) is 3.42. The number of para-hydroxylation sites is 1. The molecule has 3 rings (SSSR count). The topological polar surface area (TPSA) is 75.2 Å². The molecule has 5 nitrogen and oxygen atoms in total. The summed E-state index contributed by atoms with van der Waals surface area (Å²) in [4.78, 5) is 19.2. The first-order valence-corrected chi connectivity index (χ1v) is 7.78. The zero-order valence-corrected chi connectivity index (χ0v) is 13.7. The molecule has 0 bridgehead atoms. The van der Waals surface area contributed by atoms with Gasteiger partial charge in [0.25, 0.3) is 5.56 Å².